The summed E-state index contributed by atoms with van der Waals surface area (Å²) in [6, 6.07) is 2.49. The minimum atomic E-state index is -4.44. The van der Waals surface area contributed by atoms with Crippen molar-refractivity contribution >= 4 is 10.1 Å². The molecule has 0 unspecified atom stereocenters. The van der Waals surface area contributed by atoms with Gasteiger partial charge in [-0.1, -0.05) is 6.07 Å². The maximum atomic E-state index is 10.5. The van der Waals surface area contributed by atoms with E-state index in [1.54, 1.807) is 0 Å². The predicted octanol–water partition coefficient (Wildman–Crippen LogP) is -3.28. The van der Waals surface area contributed by atoms with Crippen LogP contribution in [0.2, 0.25) is 0 Å². The van der Waals surface area contributed by atoms with E-state index in [1.165, 1.54) is 0 Å². The van der Waals surface area contributed by atoms with E-state index in [2.05, 4.69) is 0 Å². The van der Waals surface area contributed by atoms with E-state index in [1.807, 2.05) is 0 Å². The summed E-state index contributed by atoms with van der Waals surface area (Å²) in [6.45, 7) is 0. The summed E-state index contributed by atoms with van der Waals surface area (Å²) in [5.74, 6) is -1.27. The largest absolute Gasteiger partial charge is 1.00 e. The van der Waals surface area contributed by atoms with Gasteiger partial charge in [0.2, 0.25) is 0 Å². The zero-order valence-electron chi connectivity index (χ0n) is 6.76. The van der Waals surface area contributed by atoms with E-state index in [-0.39, 0.29) is 18.9 Å². The Balaban J connectivity index is 0.00000144. The molecule has 0 aliphatic heterocycles. The monoisotopic (exact) mass is 196 g/mol. The van der Waals surface area contributed by atoms with E-state index in [4.69, 9.17) is 9.66 Å². The van der Waals surface area contributed by atoms with Crippen LogP contribution < -0.4 is 24.0 Å². The van der Waals surface area contributed by atoms with Gasteiger partial charge in [-0.15, -0.1) is 5.75 Å². The van der Waals surface area contributed by atoms with Gasteiger partial charge in [0.1, 0.15) is 10.6 Å². The Kier molecular flexibility index (Phi) is 3.82. The summed E-state index contributed by atoms with van der Waals surface area (Å²) >= 11 is 0. The molecule has 2 N–H and O–H groups in total. The molecule has 0 aromatic heterocycles. The van der Waals surface area contributed by atoms with Crippen molar-refractivity contribution in [3.05, 3.63) is 18.2 Å². The van der Waals surface area contributed by atoms with Crippen LogP contribution in [0.5, 0.6) is 11.5 Å². The van der Waals surface area contributed by atoms with Crippen LogP contribution in [-0.4, -0.2) is 18.1 Å². The molecule has 7 heteroatoms. The fraction of sp³-hybridized carbons (Fsp3) is 0. The maximum absolute atomic E-state index is 10.5. The smallest absolute Gasteiger partial charge is 0.872 e. The second-order valence-corrected chi connectivity index (χ2v) is 3.49. The van der Waals surface area contributed by atoms with E-state index >= 15 is 0 Å². The molecule has 1 aromatic rings. The van der Waals surface area contributed by atoms with E-state index < -0.39 is 26.5 Å². The Morgan fingerprint density at radius 3 is 2.23 bits per heavy atom. The SMILES string of the molecule is O=S(=O)(O)c1ccc([O-])cc1O.[Li+]. The summed E-state index contributed by atoms with van der Waals surface area (Å²) < 4.78 is 29.4. The van der Waals surface area contributed by atoms with Gasteiger partial charge in [0, 0.05) is 0 Å². The fourth-order valence-corrected chi connectivity index (χ4v) is 1.28. The number of hydrogen-bond donors (Lipinski definition) is 2. The van der Waals surface area contributed by atoms with Crippen LogP contribution in [0, 0.1) is 0 Å². The molecule has 0 fully saturated rings. The maximum Gasteiger partial charge on any atom is 1.00 e. The molecule has 0 saturated carbocycles. The quantitative estimate of drug-likeness (QED) is 0.362. The van der Waals surface area contributed by atoms with Crippen molar-refractivity contribution in [1.82, 2.24) is 0 Å². The number of aromatic hydroxyl groups is 1. The molecule has 0 heterocycles. The minimum Gasteiger partial charge on any atom is -0.872 e. The average Bonchev–Trinajstić information content (AvgIpc) is 1.83. The first kappa shape index (κ1) is 12.3. The number of phenols is 1. The first-order valence-electron chi connectivity index (χ1n) is 2.89. The third-order valence-corrected chi connectivity index (χ3v) is 2.11. The Labute approximate surface area is 86.9 Å². The Hall–Kier alpha value is -0.673. The number of hydrogen-bond acceptors (Lipinski definition) is 4. The fourth-order valence-electron chi connectivity index (χ4n) is 0.715. The molecular formula is C6H5LiO5S. The van der Waals surface area contributed by atoms with Crippen molar-refractivity contribution in [3.8, 4) is 11.5 Å². The topological polar surface area (TPSA) is 97.7 Å². The molecule has 0 radical (unpaired) electrons. The van der Waals surface area contributed by atoms with Gasteiger partial charge in [-0.3, -0.25) is 4.55 Å². The molecule has 0 aliphatic rings. The first-order chi connectivity index (χ1) is 5.41. The number of phenolic OH excluding ortho intramolecular Hbond substituents is 1. The molecule has 0 spiro atoms. The van der Waals surface area contributed by atoms with Gasteiger partial charge in [0.05, 0.1) is 0 Å². The van der Waals surface area contributed by atoms with Gasteiger partial charge in [-0.05, 0) is 12.1 Å². The molecule has 0 bridgehead atoms. The Morgan fingerprint density at radius 1 is 1.31 bits per heavy atom. The summed E-state index contributed by atoms with van der Waals surface area (Å²) in [5.41, 5.74) is 0. The van der Waals surface area contributed by atoms with Crippen LogP contribution in [0.4, 0.5) is 0 Å². The van der Waals surface area contributed by atoms with E-state index in [0.29, 0.717) is 6.07 Å². The first-order valence-corrected chi connectivity index (χ1v) is 4.33. The normalized spacial score (nSPS) is 10.5. The second-order valence-electron chi connectivity index (χ2n) is 2.10. The molecular weight excluding hydrogens is 191 g/mol. The molecule has 13 heavy (non-hydrogen) atoms. The molecule has 1 rings (SSSR count). The second kappa shape index (κ2) is 4.02. The van der Waals surface area contributed by atoms with Crippen LogP contribution in [-0.2, 0) is 10.1 Å². The molecule has 1 aromatic carbocycles. The Bertz CT molecular complexity index is 399. The predicted molar refractivity (Wildman–Crippen MR) is 37.4 cm³/mol. The molecule has 0 atom stereocenters. The standard InChI is InChI=1S/C6H6O5S.Li/c7-4-1-2-6(5(8)3-4)12(9,10)11;/h1-3,7-8H,(H,9,10,11);/q;+1/p-1. The number of benzene rings is 1. The van der Waals surface area contributed by atoms with Crippen LogP contribution >= 0.6 is 0 Å². The van der Waals surface area contributed by atoms with Crippen molar-refractivity contribution in [2.45, 2.75) is 4.90 Å². The van der Waals surface area contributed by atoms with Gasteiger partial charge in [-0.2, -0.15) is 8.42 Å². The van der Waals surface area contributed by atoms with Crippen LogP contribution in [0.1, 0.15) is 0 Å². The van der Waals surface area contributed by atoms with Gasteiger partial charge in [0.15, 0.2) is 0 Å². The van der Waals surface area contributed by atoms with Crippen molar-refractivity contribution in [1.29, 1.82) is 0 Å². The molecule has 0 saturated heterocycles. The van der Waals surface area contributed by atoms with Crippen molar-refractivity contribution in [3.63, 3.8) is 0 Å². The van der Waals surface area contributed by atoms with Crippen molar-refractivity contribution in [2.75, 3.05) is 0 Å². The van der Waals surface area contributed by atoms with Gasteiger partial charge in [0.25, 0.3) is 10.1 Å². The van der Waals surface area contributed by atoms with Gasteiger partial charge < -0.3 is 10.2 Å². The summed E-state index contributed by atoms with van der Waals surface area (Å²) in [6.07, 6.45) is 0. The minimum absolute atomic E-state index is 0. The molecule has 66 valence electrons. The molecule has 5 nitrogen and oxygen atoms in total. The zero-order valence-corrected chi connectivity index (χ0v) is 7.58. The average molecular weight is 196 g/mol. The van der Waals surface area contributed by atoms with Crippen LogP contribution in [0.25, 0.3) is 0 Å². The summed E-state index contributed by atoms with van der Waals surface area (Å²) in [7, 11) is -4.44. The molecule has 0 aliphatic carbocycles. The van der Waals surface area contributed by atoms with E-state index in [9.17, 15) is 13.5 Å². The van der Waals surface area contributed by atoms with E-state index in [0.717, 1.165) is 12.1 Å². The van der Waals surface area contributed by atoms with Crippen LogP contribution in [0.3, 0.4) is 0 Å². The van der Waals surface area contributed by atoms with Gasteiger partial charge >= 0.3 is 18.9 Å². The third-order valence-electron chi connectivity index (χ3n) is 1.21. The summed E-state index contributed by atoms with van der Waals surface area (Å²) in [5, 5.41) is 19.4. The Morgan fingerprint density at radius 2 is 1.85 bits per heavy atom. The number of rotatable bonds is 1. The van der Waals surface area contributed by atoms with Crippen molar-refractivity contribution in [2.24, 2.45) is 0 Å². The van der Waals surface area contributed by atoms with Crippen molar-refractivity contribution < 1.29 is 42.0 Å². The third kappa shape index (κ3) is 2.93. The van der Waals surface area contributed by atoms with Crippen LogP contribution in [0.15, 0.2) is 23.1 Å². The van der Waals surface area contributed by atoms with Gasteiger partial charge in [-0.25, -0.2) is 0 Å². The molecule has 0 amide bonds. The zero-order chi connectivity index (χ0) is 9.35. The summed E-state index contributed by atoms with van der Waals surface area (Å²) in [4.78, 5) is -0.665.